The summed E-state index contributed by atoms with van der Waals surface area (Å²) in [7, 11) is 0. The van der Waals surface area contributed by atoms with Crippen LogP contribution in [0, 0.1) is 0 Å². The lowest BCUT2D eigenvalue weighted by atomic mass is 10.0. The van der Waals surface area contributed by atoms with Crippen molar-refractivity contribution in [3.8, 4) is 0 Å². The minimum absolute atomic E-state index is 0.999. The van der Waals surface area contributed by atoms with Gasteiger partial charge in [-0.3, -0.25) is 4.98 Å². The molecule has 0 spiro atoms. The van der Waals surface area contributed by atoms with Crippen LogP contribution in [0.3, 0.4) is 0 Å². The Hall–Kier alpha value is -0.890. The minimum Gasteiger partial charge on any atom is -0.300 e. The van der Waals surface area contributed by atoms with Gasteiger partial charge in [-0.2, -0.15) is 0 Å². The van der Waals surface area contributed by atoms with Crippen LogP contribution in [0.4, 0.5) is 0 Å². The first-order chi connectivity index (χ1) is 7.47. The molecule has 3 rings (SSSR count). The molecule has 2 nitrogen and oxygen atoms in total. The van der Waals surface area contributed by atoms with Crippen molar-refractivity contribution in [2.24, 2.45) is 0 Å². The van der Waals surface area contributed by atoms with Crippen molar-refractivity contribution in [3.63, 3.8) is 0 Å². The lowest BCUT2D eigenvalue weighted by Gasteiger charge is -2.28. The number of hydrogen-bond donors (Lipinski definition) is 0. The molecule has 2 aliphatic rings. The molecule has 1 unspecified atom stereocenters. The van der Waals surface area contributed by atoms with Gasteiger partial charge in [0.05, 0.1) is 0 Å². The molecule has 1 atom stereocenters. The lowest BCUT2D eigenvalue weighted by molar-refractivity contribution is 0.198. The zero-order valence-electron chi connectivity index (χ0n) is 9.31. The Morgan fingerprint density at radius 3 is 2.20 bits per heavy atom. The fraction of sp³-hybridized carbons (Fsp3) is 0.615. The van der Waals surface area contributed by atoms with Gasteiger partial charge in [-0.05, 0) is 50.9 Å². The monoisotopic (exact) mass is 204 g/mol. The molecule has 2 fully saturated rings. The molecule has 0 radical (unpaired) electrons. The van der Waals surface area contributed by atoms with Gasteiger partial charge in [0, 0.05) is 18.4 Å². The fourth-order valence-corrected chi connectivity index (χ4v) is 2.52. The van der Waals surface area contributed by atoms with Gasteiger partial charge in [-0.25, -0.2) is 0 Å². The molecule has 0 N–H and O–H groups in total. The molecular formula is C13H20N2. The van der Waals surface area contributed by atoms with E-state index in [0.29, 0.717) is 0 Å². The summed E-state index contributed by atoms with van der Waals surface area (Å²) in [6.07, 6.45) is 10.9. The van der Waals surface area contributed by atoms with E-state index in [2.05, 4.69) is 9.88 Å². The highest BCUT2D eigenvalue weighted by atomic mass is 15.2. The molecule has 2 aliphatic heterocycles. The van der Waals surface area contributed by atoms with E-state index in [0.717, 1.165) is 6.04 Å². The van der Waals surface area contributed by atoms with E-state index in [4.69, 9.17) is 0 Å². The molecule has 1 aromatic rings. The maximum atomic E-state index is 3.78. The molecule has 15 heavy (non-hydrogen) atoms. The molecular weight excluding hydrogens is 184 g/mol. The summed E-state index contributed by atoms with van der Waals surface area (Å²) in [4.78, 5) is 6.45. The first-order valence-electron chi connectivity index (χ1n) is 6.06. The summed E-state index contributed by atoms with van der Waals surface area (Å²) in [5, 5.41) is 0. The molecule has 0 saturated carbocycles. The van der Waals surface area contributed by atoms with Crippen LogP contribution in [0.5, 0.6) is 0 Å². The smallest absolute Gasteiger partial charge is 0.0267 e. The average Bonchev–Trinajstić information content (AvgIpc) is 2.80. The Morgan fingerprint density at radius 1 is 0.867 bits per heavy atom. The SMILES string of the molecule is C1CCN2CCCC2C1.c1ccncc1. The van der Waals surface area contributed by atoms with Crippen molar-refractivity contribution in [2.45, 2.75) is 38.1 Å². The van der Waals surface area contributed by atoms with Gasteiger partial charge in [-0.1, -0.05) is 12.5 Å². The number of nitrogens with zero attached hydrogens (tertiary/aromatic N) is 2. The predicted molar refractivity (Wildman–Crippen MR) is 62.7 cm³/mol. The number of piperidine rings is 1. The van der Waals surface area contributed by atoms with Crippen LogP contribution in [0.25, 0.3) is 0 Å². The highest BCUT2D eigenvalue weighted by Crippen LogP contribution is 2.25. The first-order valence-corrected chi connectivity index (χ1v) is 6.06. The lowest BCUT2D eigenvalue weighted by Crippen LogP contribution is -2.33. The summed E-state index contributed by atoms with van der Waals surface area (Å²) < 4.78 is 0. The molecule has 0 aliphatic carbocycles. The number of pyridine rings is 1. The minimum atomic E-state index is 0.999. The van der Waals surface area contributed by atoms with Crippen molar-refractivity contribution in [3.05, 3.63) is 30.6 Å². The zero-order valence-corrected chi connectivity index (χ0v) is 9.31. The van der Waals surface area contributed by atoms with Gasteiger partial charge in [0.1, 0.15) is 0 Å². The van der Waals surface area contributed by atoms with Crippen LogP contribution < -0.4 is 0 Å². The zero-order chi connectivity index (χ0) is 10.3. The maximum absolute atomic E-state index is 3.78. The van der Waals surface area contributed by atoms with Gasteiger partial charge >= 0.3 is 0 Å². The van der Waals surface area contributed by atoms with Crippen molar-refractivity contribution in [2.75, 3.05) is 13.1 Å². The quantitative estimate of drug-likeness (QED) is 0.646. The summed E-state index contributed by atoms with van der Waals surface area (Å²) in [5.74, 6) is 0. The molecule has 1 aromatic heterocycles. The van der Waals surface area contributed by atoms with E-state index in [1.165, 1.54) is 45.2 Å². The number of hydrogen-bond acceptors (Lipinski definition) is 2. The van der Waals surface area contributed by atoms with Gasteiger partial charge in [0.2, 0.25) is 0 Å². The van der Waals surface area contributed by atoms with Crippen LogP contribution in [0.15, 0.2) is 30.6 Å². The van der Waals surface area contributed by atoms with E-state index in [1.54, 1.807) is 12.4 Å². The van der Waals surface area contributed by atoms with Crippen molar-refractivity contribution in [1.82, 2.24) is 9.88 Å². The fourth-order valence-electron chi connectivity index (χ4n) is 2.52. The molecule has 0 aromatic carbocycles. The second-order valence-electron chi connectivity index (χ2n) is 4.35. The molecule has 0 bridgehead atoms. The highest BCUT2D eigenvalue weighted by molar-refractivity contribution is 4.88. The third-order valence-corrected chi connectivity index (χ3v) is 3.30. The molecule has 2 saturated heterocycles. The molecule has 0 amide bonds. The van der Waals surface area contributed by atoms with Crippen LogP contribution in [0.1, 0.15) is 32.1 Å². The number of fused-ring (bicyclic) bond motifs is 1. The Kier molecular flexibility index (Phi) is 4.15. The summed E-state index contributed by atoms with van der Waals surface area (Å²) in [6, 6.07) is 6.71. The highest BCUT2D eigenvalue weighted by Gasteiger charge is 2.25. The second-order valence-corrected chi connectivity index (χ2v) is 4.35. The van der Waals surface area contributed by atoms with Gasteiger partial charge in [0.15, 0.2) is 0 Å². The van der Waals surface area contributed by atoms with E-state index in [9.17, 15) is 0 Å². The van der Waals surface area contributed by atoms with Crippen molar-refractivity contribution in [1.29, 1.82) is 0 Å². The van der Waals surface area contributed by atoms with Crippen LogP contribution in [0.2, 0.25) is 0 Å². The van der Waals surface area contributed by atoms with Crippen molar-refractivity contribution < 1.29 is 0 Å². The largest absolute Gasteiger partial charge is 0.300 e. The molecule has 82 valence electrons. The maximum Gasteiger partial charge on any atom is 0.0267 e. The Balaban J connectivity index is 0.000000124. The van der Waals surface area contributed by atoms with Gasteiger partial charge in [0.25, 0.3) is 0 Å². The van der Waals surface area contributed by atoms with E-state index < -0.39 is 0 Å². The molecule has 2 heteroatoms. The summed E-state index contributed by atoms with van der Waals surface area (Å²) in [5.41, 5.74) is 0. The predicted octanol–water partition coefficient (Wildman–Crippen LogP) is 2.72. The third kappa shape index (κ3) is 3.31. The number of rotatable bonds is 0. The van der Waals surface area contributed by atoms with Gasteiger partial charge < -0.3 is 4.90 Å². The standard InChI is InChI=1S/C8H15N.C5H5N/c1-2-6-9-7-3-5-8(9)4-1;1-2-4-6-5-3-1/h8H,1-7H2;1-5H. The van der Waals surface area contributed by atoms with Crippen LogP contribution >= 0.6 is 0 Å². The number of aromatic nitrogens is 1. The topological polar surface area (TPSA) is 16.1 Å². The first kappa shape index (κ1) is 10.6. The van der Waals surface area contributed by atoms with E-state index in [1.807, 2.05) is 18.2 Å². The van der Waals surface area contributed by atoms with E-state index in [-0.39, 0.29) is 0 Å². The third-order valence-electron chi connectivity index (χ3n) is 3.30. The summed E-state index contributed by atoms with van der Waals surface area (Å²) in [6.45, 7) is 2.79. The van der Waals surface area contributed by atoms with Crippen molar-refractivity contribution >= 4 is 0 Å². The molecule has 3 heterocycles. The van der Waals surface area contributed by atoms with Crippen LogP contribution in [-0.2, 0) is 0 Å². The average molecular weight is 204 g/mol. The Labute approximate surface area is 92.3 Å². The van der Waals surface area contributed by atoms with Crippen LogP contribution in [-0.4, -0.2) is 29.0 Å². The second kappa shape index (κ2) is 5.86. The Bertz CT molecular complexity index is 222. The summed E-state index contributed by atoms with van der Waals surface area (Å²) >= 11 is 0. The van der Waals surface area contributed by atoms with Gasteiger partial charge in [-0.15, -0.1) is 0 Å². The Morgan fingerprint density at radius 2 is 1.60 bits per heavy atom. The van der Waals surface area contributed by atoms with E-state index >= 15 is 0 Å². The normalized spacial score (nSPS) is 25.2.